The van der Waals surface area contributed by atoms with Gasteiger partial charge in [0.05, 0.1) is 5.69 Å². The first-order valence-corrected chi connectivity index (χ1v) is 24.1. The molecule has 1 aromatic heterocycles. The van der Waals surface area contributed by atoms with E-state index in [9.17, 15) is 0 Å². The number of nitrogens with zero attached hydrogens (tertiary/aromatic N) is 1. The summed E-state index contributed by atoms with van der Waals surface area (Å²) >= 11 is 1.91. The quantitative estimate of drug-likeness (QED) is 0.171. The second-order valence-electron chi connectivity index (χ2n) is 19.7. The summed E-state index contributed by atoms with van der Waals surface area (Å²) in [6.07, 6.45) is 11.8. The molecule has 0 N–H and O–H groups in total. The molecule has 8 aromatic rings. The molecule has 1 heterocycles. The smallest absolute Gasteiger partial charge is 0.0543 e. The molecular weight excluding hydrogens is 755 g/mol. The fraction of sp³-hybridized carbons (Fsp3) is 0.288. The first kappa shape index (κ1) is 36.2. The summed E-state index contributed by atoms with van der Waals surface area (Å²) in [7, 11) is 0. The fourth-order valence-corrected chi connectivity index (χ4v) is 15.6. The molecule has 300 valence electrons. The summed E-state index contributed by atoms with van der Waals surface area (Å²) in [5.74, 6) is 2.97. The molecular formula is C59H53NS. The Morgan fingerprint density at radius 2 is 1.21 bits per heavy atom. The van der Waals surface area contributed by atoms with Gasteiger partial charge in [-0.25, -0.2) is 0 Å². The van der Waals surface area contributed by atoms with Gasteiger partial charge in [-0.05, 0) is 149 Å². The average molecular weight is 808 g/mol. The summed E-state index contributed by atoms with van der Waals surface area (Å²) < 4.78 is 2.72. The molecule has 0 radical (unpaired) electrons. The van der Waals surface area contributed by atoms with Crippen molar-refractivity contribution >= 4 is 48.6 Å². The van der Waals surface area contributed by atoms with Crippen LogP contribution in [0.2, 0.25) is 0 Å². The summed E-state index contributed by atoms with van der Waals surface area (Å²) in [5.41, 5.74) is 18.5. The van der Waals surface area contributed by atoms with Gasteiger partial charge in [-0.15, -0.1) is 11.3 Å². The van der Waals surface area contributed by atoms with Crippen molar-refractivity contribution in [2.75, 3.05) is 4.90 Å². The van der Waals surface area contributed by atoms with Gasteiger partial charge < -0.3 is 4.90 Å². The third kappa shape index (κ3) is 5.06. The molecule has 3 fully saturated rings. The van der Waals surface area contributed by atoms with Crippen LogP contribution in [0.25, 0.3) is 53.6 Å². The monoisotopic (exact) mass is 807 g/mol. The minimum Gasteiger partial charge on any atom is -0.310 e. The Labute approximate surface area is 365 Å². The Morgan fingerprint density at radius 1 is 0.525 bits per heavy atom. The van der Waals surface area contributed by atoms with E-state index in [4.69, 9.17) is 0 Å². The molecule has 1 nitrogen and oxygen atoms in total. The zero-order chi connectivity index (χ0) is 40.5. The maximum Gasteiger partial charge on any atom is 0.0543 e. The Kier molecular flexibility index (Phi) is 8.04. The molecule has 1 unspecified atom stereocenters. The maximum atomic E-state index is 2.62. The van der Waals surface area contributed by atoms with Gasteiger partial charge in [-0.1, -0.05) is 148 Å². The molecule has 0 saturated heterocycles. The van der Waals surface area contributed by atoms with E-state index in [1.54, 1.807) is 16.7 Å². The zero-order valence-electron chi connectivity index (χ0n) is 35.5. The van der Waals surface area contributed by atoms with E-state index in [2.05, 4.69) is 170 Å². The van der Waals surface area contributed by atoms with Crippen molar-refractivity contribution in [1.29, 1.82) is 0 Å². The van der Waals surface area contributed by atoms with E-state index in [1.807, 2.05) is 11.3 Å². The molecule has 7 aromatic carbocycles. The largest absolute Gasteiger partial charge is 0.310 e. The van der Waals surface area contributed by atoms with E-state index >= 15 is 0 Å². The summed E-state index contributed by atoms with van der Waals surface area (Å²) in [6, 6.07) is 59.1. The van der Waals surface area contributed by atoms with Crippen LogP contribution in [0, 0.1) is 23.7 Å². The number of thiophene rings is 1. The summed E-state index contributed by atoms with van der Waals surface area (Å²) in [4.78, 5) is 2.62. The fourth-order valence-electron chi connectivity index (χ4n) is 14.4. The molecule has 2 bridgehead atoms. The average Bonchev–Trinajstić information content (AvgIpc) is 3.92. The van der Waals surface area contributed by atoms with Crippen LogP contribution < -0.4 is 4.90 Å². The van der Waals surface area contributed by atoms with Crippen molar-refractivity contribution in [1.82, 2.24) is 0 Å². The number of fused-ring (bicyclic) bond motifs is 16. The van der Waals surface area contributed by atoms with Gasteiger partial charge in [-0.2, -0.15) is 0 Å². The predicted octanol–water partition coefficient (Wildman–Crippen LogP) is 16.8. The highest BCUT2D eigenvalue weighted by Crippen LogP contribution is 2.65. The van der Waals surface area contributed by atoms with Gasteiger partial charge in [0.15, 0.2) is 0 Å². The molecule has 2 spiro atoms. The van der Waals surface area contributed by atoms with Crippen molar-refractivity contribution in [2.45, 2.75) is 82.5 Å². The summed E-state index contributed by atoms with van der Waals surface area (Å²) in [5, 5.41) is 2.70. The SMILES string of the molecule is C[C@@H]1CC2C[C@@H](C1)[C@@]1(c3ccccc3-c3cc(N(c4ccc(-c5cccc6c5sc5ccccc56)cc4)c4cccc5c4-c4ccccc4C54CCCCC4)ccc31)[C@@H](C)C2. The van der Waals surface area contributed by atoms with Crippen LogP contribution in [0.1, 0.15) is 93.9 Å². The van der Waals surface area contributed by atoms with Crippen molar-refractivity contribution in [3.05, 3.63) is 174 Å². The standard InChI is InChI=1S/C59H53NS/c1-37-32-39-34-38(2)59(41(33-37)35-39)51-20-8-4-14-45(51)49-36-43(28-29-52(49)59)60(54-22-13-21-53-56(54)48-16-5-7-19-50(48)58(53)30-10-3-11-31-58)42-26-24-40(25-27-42)44-17-12-18-47-46-15-6-9-23-55(46)61-57(44)47/h4-9,12-29,36-39,41H,3,10-11,30-35H2,1-2H3/t37-,38+,39?,41-,59-/m1/s1. The lowest BCUT2D eigenvalue weighted by molar-refractivity contribution is 0.0426. The normalized spacial score (nSPS) is 24.2. The maximum absolute atomic E-state index is 2.62. The second kappa shape index (κ2) is 13.5. The molecule has 3 saturated carbocycles. The van der Waals surface area contributed by atoms with Gasteiger partial charge in [0.1, 0.15) is 0 Å². The third-order valence-electron chi connectivity index (χ3n) is 16.6. The molecule has 0 aliphatic heterocycles. The Bertz CT molecular complexity index is 3030. The minimum atomic E-state index is 0.0794. The van der Waals surface area contributed by atoms with Crippen LogP contribution in [-0.2, 0) is 10.8 Å². The highest BCUT2D eigenvalue weighted by Gasteiger charge is 2.56. The zero-order valence-corrected chi connectivity index (χ0v) is 36.3. The molecule has 61 heavy (non-hydrogen) atoms. The Hall–Kier alpha value is -5.44. The first-order valence-electron chi connectivity index (χ1n) is 23.3. The van der Waals surface area contributed by atoms with Gasteiger partial charge in [0.25, 0.3) is 0 Å². The molecule has 5 aliphatic carbocycles. The van der Waals surface area contributed by atoms with E-state index in [0.29, 0.717) is 11.8 Å². The molecule has 5 aliphatic rings. The van der Waals surface area contributed by atoms with Crippen molar-refractivity contribution in [3.63, 3.8) is 0 Å². The highest BCUT2D eigenvalue weighted by molar-refractivity contribution is 7.26. The highest BCUT2D eigenvalue weighted by atomic mass is 32.1. The summed E-state index contributed by atoms with van der Waals surface area (Å²) in [6.45, 7) is 5.11. The lowest BCUT2D eigenvalue weighted by Crippen LogP contribution is -2.49. The number of anilines is 3. The topological polar surface area (TPSA) is 3.24 Å². The van der Waals surface area contributed by atoms with E-state index in [-0.39, 0.29) is 10.8 Å². The molecule has 0 amide bonds. The van der Waals surface area contributed by atoms with Gasteiger partial charge in [0, 0.05) is 47.9 Å². The van der Waals surface area contributed by atoms with Gasteiger partial charge >= 0.3 is 0 Å². The minimum absolute atomic E-state index is 0.0794. The van der Waals surface area contributed by atoms with E-state index in [1.165, 1.54) is 134 Å². The lowest BCUT2D eigenvalue weighted by atomic mass is 9.49. The van der Waals surface area contributed by atoms with Crippen LogP contribution in [0.5, 0.6) is 0 Å². The Balaban J connectivity index is 1.01. The van der Waals surface area contributed by atoms with Crippen molar-refractivity contribution < 1.29 is 0 Å². The predicted molar refractivity (Wildman–Crippen MR) is 259 cm³/mol. The van der Waals surface area contributed by atoms with Crippen LogP contribution in [0.4, 0.5) is 17.1 Å². The van der Waals surface area contributed by atoms with E-state index < -0.39 is 0 Å². The number of benzene rings is 7. The van der Waals surface area contributed by atoms with Gasteiger partial charge in [-0.3, -0.25) is 0 Å². The van der Waals surface area contributed by atoms with Gasteiger partial charge in [0.2, 0.25) is 0 Å². The third-order valence-corrected chi connectivity index (χ3v) is 17.8. The number of hydrogen-bond donors (Lipinski definition) is 0. The molecule has 5 atom stereocenters. The molecule has 13 rings (SSSR count). The van der Waals surface area contributed by atoms with Crippen LogP contribution >= 0.6 is 11.3 Å². The van der Waals surface area contributed by atoms with Crippen LogP contribution in [0.3, 0.4) is 0 Å². The van der Waals surface area contributed by atoms with Crippen molar-refractivity contribution in [3.8, 4) is 33.4 Å². The van der Waals surface area contributed by atoms with Crippen molar-refractivity contribution in [2.24, 2.45) is 23.7 Å². The number of hydrogen-bond acceptors (Lipinski definition) is 2. The Morgan fingerprint density at radius 3 is 2.08 bits per heavy atom. The van der Waals surface area contributed by atoms with Crippen LogP contribution in [0.15, 0.2) is 152 Å². The number of rotatable bonds is 4. The molecule has 2 heteroatoms. The lowest BCUT2D eigenvalue weighted by Gasteiger charge is -2.54. The van der Waals surface area contributed by atoms with E-state index in [0.717, 1.165) is 11.8 Å². The first-order chi connectivity index (χ1) is 30.0. The second-order valence-corrected chi connectivity index (χ2v) is 20.8. The van der Waals surface area contributed by atoms with Crippen LogP contribution in [-0.4, -0.2) is 0 Å².